The molecule has 0 heterocycles. The Morgan fingerprint density at radius 2 is 2.23 bits per heavy atom. The second-order valence-electron chi connectivity index (χ2n) is 3.19. The smallest absolute Gasteiger partial charge is 0.0684 e. The molecule has 0 aromatic heterocycles. The molecule has 0 bridgehead atoms. The van der Waals surface area contributed by atoms with Crippen molar-refractivity contribution in [1.82, 2.24) is 0 Å². The van der Waals surface area contributed by atoms with Gasteiger partial charge >= 0.3 is 0 Å². The van der Waals surface area contributed by atoms with Crippen molar-refractivity contribution in [2.24, 2.45) is 0 Å². The summed E-state index contributed by atoms with van der Waals surface area (Å²) >= 11 is 3.45. The first-order chi connectivity index (χ1) is 6.09. The number of aliphatic hydroxyl groups excluding tert-OH is 1. The topological polar surface area (TPSA) is 32.3 Å². The number of hydrogen-bond donors (Lipinski definition) is 2. The Kier molecular flexibility index (Phi) is 3.75. The van der Waals surface area contributed by atoms with Gasteiger partial charge in [-0.05, 0) is 31.5 Å². The molecular weight excluding hydrogens is 230 g/mol. The van der Waals surface area contributed by atoms with Gasteiger partial charge < -0.3 is 10.4 Å². The maximum absolute atomic E-state index is 9.06. The van der Waals surface area contributed by atoms with E-state index in [-0.39, 0.29) is 6.10 Å². The van der Waals surface area contributed by atoms with Crippen molar-refractivity contribution < 1.29 is 5.11 Å². The number of aryl methyl sites for hydroxylation is 1. The molecule has 0 amide bonds. The summed E-state index contributed by atoms with van der Waals surface area (Å²) in [4.78, 5) is 0. The Morgan fingerprint density at radius 1 is 1.54 bits per heavy atom. The molecule has 3 heteroatoms. The molecular formula is C10H14BrNO. The zero-order chi connectivity index (χ0) is 9.84. The van der Waals surface area contributed by atoms with Gasteiger partial charge in [0.05, 0.1) is 6.10 Å². The fourth-order valence-electron chi connectivity index (χ4n) is 0.968. The first-order valence-electron chi connectivity index (χ1n) is 4.27. The largest absolute Gasteiger partial charge is 0.392 e. The molecule has 0 unspecified atom stereocenters. The van der Waals surface area contributed by atoms with E-state index in [1.807, 2.05) is 25.1 Å². The van der Waals surface area contributed by atoms with Crippen molar-refractivity contribution in [3.8, 4) is 0 Å². The molecule has 0 fully saturated rings. The minimum absolute atomic E-state index is 0.319. The van der Waals surface area contributed by atoms with Crippen molar-refractivity contribution in [3.05, 3.63) is 28.2 Å². The lowest BCUT2D eigenvalue weighted by molar-refractivity contribution is 0.208. The highest BCUT2D eigenvalue weighted by atomic mass is 79.9. The van der Waals surface area contributed by atoms with E-state index in [4.69, 9.17) is 5.11 Å². The molecule has 0 aliphatic carbocycles. The van der Waals surface area contributed by atoms with Gasteiger partial charge in [0, 0.05) is 16.7 Å². The van der Waals surface area contributed by atoms with Crippen molar-refractivity contribution in [2.75, 3.05) is 11.9 Å². The van der Waals surface area contributed by atoms with E-state index in [2.05, 4.69) is 21.2 Å². The number of rotatable bonds is 3. The standard InChI is InChI=1S/C10H14BrNO/c1-7-3-4-9(5-10(7)11)12-6-8(2)13/h3-5,8,12-13H,6H2,1-2H3/t8-/m0/s1. The monoisotopic (exact) mass is 243 g/mol. The van der Waals surface area contributed by atoms with Crippen LogP contribution in [-0.4, -0.2) is 17.8 Å². The first-order valence-corrected chi connectivity index (χ1v) is 5.07. The van der Waals surface area contributed by atoms with Crippen molar-refractivity contribution in [1.29, 1.82) is 0 Å². The summed E-state index contributed by atoms with van der Waals surface area (Å²) in [6.07, 6.45) is -0.319. The quantitative estimate of drug-likeness (QED) is 0.856. The number of anilines is 1. The lowest BCUT2D eigenvalue weighted by Gasteiger charge is -2.09. The summed E-state index contributed by atoms with van der Waals surface area (Å²) in [5, 5.41) is 12.2. The number of nitrogens with one attached hydrogen (secondary N) is 1. The summed E-state index contributed by atoms with van der Waals surface area (Å²) in [5.41, 5.74) is 2.24. The van der Waals surface area contributed by atoms with E-state index in [9.17, 15) is 0 Å². The van der Waals surface area contributed by atoms with E-state index in [1.54, 1.807) is 6.92 Å². The summed E-state index contributed by atoms with van der Waals surface area (Å²) in [7, 11) is 0. The third kappa shape index (κ3) is 3.36. The highest BCUT2D eigenvalue weighted by Crippen LogP contribution is 2.20. The van der Waals surface area contributed by atoms with Crippen LogP contribution in [0.2, 0.25) is 0 Å². The van der Waals surface area contributed by atoms with Crippen LogP contribution < -0.4 is 5.32 Å². The molecule has 0 spiro atoms. The molecule has 0 aliphatic rings. The van der Waals surface area contributed by atoms with Crippen LogP contribution in [0.1, 0.15) is 12.5 Å². The summed E-state index contributed by atoms with van der Waals surface area (Å²) < 4.78 is 1.09. The molecule has 0 saturated heterocycles. The zero-order valence-electron chi connectivity index (χ0n) is 7.84. The van der Waals surface area contributed by atoms with E-state index >= 15 is 0 Å². The third-order valence-corrected chi connectivity index (χ3v) is 2.63. The van der Waals surface area contributed by atoms with Crippen LogP contribution in [-0.2, 0) is 0 Å². The SMILES string of the molecule is Cc1ccc(NC[C@H](C)O)cc1Br. The van der Waals surface area contributed by atoms with Crippen LogP contribution in [0.3, 0.4) is 0 Å². The summed E-state index contributed by atoms with van der Waals surface area (Å²) in [6.45, 7) is 4.38. The normalized spacial score (nSPS) is 12.6. The number of benzene rings is 1. The summed E-state index contributed by atoms with van der Waals surface area (Å²) in [6, 6.07) is 6.05. The average molecular weight is 244 g/mol. The Bertz CT molecular complexity index is 286. The van der Waals surface area contributed by atoms with Crippen LogP contribution >= 0.6 is 15.9 Å². The Hall–Kier alpha value is -0.540. The number of aliphatic hydroxyl groups is 1. The van der Waals surface area contributed by atoms with Crippen molar-refractivity contribution >= 4 is 21.6 Å². The molecule has 72 valence electrons. The van der Waals surface area contributed by atoms with Crippen LogP contribution in [0, 0.1) is 6.92 Å². The predicted molar refractivity (Wildman–Crippen MR) is 59.0 cm³/mol. The average Bonchev–Trinajstić information content (AvgIpc) is 2.07. The first kappa shape index (κ1) is 10.5. The zero-order valence-corrected chi connectivity index (χ0v) is 9.43. The molecule has 0 aliphatic heterocycles. The molecule has 1 atom stereocenters. The fraction of sp³-hybridized carbons (Fsp3) is 0.400. The van der Waals surface area contributed by atoms with Crippen molar-refractivity contribution in [3.63, 3.8) is 0 Å². The van der Waals surface area contributed by atoms with Gasteiger partial charge in [0.1, 0.15) is 0 Å². The van der Waals surface area contributed by atoms with Gasteiger partial charge in [-0.1, -0.05) is 22.0 Å². The Balaban J connectivity index is 2.63. The van der Waals surface area contributed by atoms with Crippen LogP contribution in [0.25, 0.3) is 0 Å². The minimum atomic E-state index is -0.319. The number of hydrogen-bond acceptors (Lipinski definition) is 2. The maximum Gasteiger partial charge on any atom is 0.0684 e. The van der Waals surface area contributed by atoms with Crippen LogP contribution in [0.5, 0.6) is 0 Å². The maximum atomic E-state index is 9.06. The lowest BCUT2D eigenvalue weighted by atomic mass is 10.2. The van der Waals surface area contributed by atoms with E-state index in [0.717, 1.165) is 10.2 Å². The van der Waals surface area contributed by atoms with E-state index in [0.29, 0.717) is 6.54 Å². The molecule has 0 radical (unpaired) electrons. The third-order valence-electron chi connectivity index (χ3n) is 1.77. The van der Waals surface area contributed by atoms with Gasteiger partial charge in [0.25, 0.3) is 0 Å². The van der Waals surface area contributed by atoms with Gasteiger partial charge in [-0.15, -0.1) is 0 Å². The molecule has 1 aromatic rings. The van der Waals surface area contributed by atoms with Gasteiger partial charge in [-0.25, -0.2) is 0 Å². The molecule has 2 N–H and O–H groups in total. The van der Waals surface area contributed by atoms with Crippen molar-refractivity contribution in [2.45, 2.75) is 20.0 Å². The lowest BCUT2D eigenvalue weighted by Crippen LogP contribution is -2.15. The van der Waals surface area contributed by atoms with E-state index in [1.165, 1.54) is 5.56 Å². The van der Waals surface area contributed by atoms with Gasteiger partial charge in [0.15, 0.2) is 0 Å². The molecule has 2 nitrogen and oxygen atoms in total. The molecule has 0 saturated carbocycles. The second-order valence-corrected chi connectivity index (χ2v) is 4.05. The Labute approximate surface area is 87.1 Å². The van der Waals surface area contributed by atoms with E-state index < -0.39 is 0 Å². The van der Waals surface area contributed by atoms with Gasteiger partial charge in [0.2, 0.25) is 0 Å². The van der Waals surface area contributed by atoms with Crippen LogP contribution in [0.4, 0.5) is 5.69 Å². The van der Waals surface area contributed by atoms with Gasteiger partial charge in [-0.3, -0.25) is 0 Å². The minimum Gasteiger partial charge on any atom is -0.392 e. The predicted octanol–water partition coefficient (Wildman–Crippen LogP) is 2.55. The van der Waals surface area contributed by atoms with Crippen LogP contribution in [0.15, 0.2) is 22.7 Å². The molecule has 13 heavy (non-hydrogen) atoms. The highest BCUT2D eigenvalue weighted by Gasteiger charge is 1.98. The fourth-order valence-corrected chi connectivity index (χ4v) is 1.35. The second kappa shape index (κ2) is 4.63. The summed E-state index contributed by atoms with van der Waals surface area (Å²) in [5.74, 6) is 0. The highest BCUT2D eigenvalue weighted by molar-refractivity contribution is 9.10. The van der Waals surface area contributed by atoms with Gasteiger partial charge in [-0.2, -0.15) is 0 Å². The Morgan fingerprint density at radius 3 is 2.77 bits per heavy atom. The molecule has 1 aromatic carbocycles. The number of halogens is 1. The molecule has 1 rings (SSSR count).